The van der Waals surface area contributed by atoms with Crippen LogP contribution in [-0.2, 0) is 12.4 Å². The van der Waals surface area contributed by atoms with E-state index in [1.807, 2.05) is 23.9 Å². The van der Waals surface area contributed by atoms with Gasteiger partial charge in [-0.05, 0) is 39.5 Å². The lowest BCUT2D eigenvalue weighted by atomic mass is 10.0. The van der Waals surface area contributed by atoms with Crippen LogP contribution in [0.4, 0.5) is 0 Å². The van der Waals surface area contributed by atoms with Gasteiger partial charge in [0, 0.05) is 12.4 Å². The molecule has 0 atom stereocenters. The molecule has 0 saturated heterocycles. The van der Waals surface area contributed by atoms with Crippen LogP contribution in [-0.4, -0.2) is 9.36 Å². The van der Waals surface area contributed by atoms with Crippen molar-refractivity contribution in [3.8, 4) is 5.69 Å². The first-order valence-corrected chi connectivity index (χ1v) is 8.01. The minimum Gasteiger partial charge on any atom is -0.283 e. The van der Waals surface area contributed by atoms with Gasteiger partial charge in [0.25, 0.3) is 5.56 Å². The van der Waals surface area contributed by atoms with Crippen molar-refractivity contribution in [2.45, 2.75) is 25.1 Å². The summed E-state index contributed by atoms with van der Waals surface area (Å²) in [6, 6.07) is 8.12. The van der Waals surface area contributed by atoms with E-state index < -0.39 is 0 Å². The summed E-state index contributed by atoms with van der Waals surface area (Å²) < 4.78 is 4.15. The highest BCUT2D eigenvalue weighted by atomic mass is 79.9. The molecule has 0 amide bonds. The lowest BCUT2D eigenvalue weighted by Gasteiger charge is -2.11. The first-order chi connectivity index (χ1) is 8.97. The number of halogens is 2. The smallest absolute Gasteiger partial charge is 0.283 e. The fourth-order valence-electron chi connectivity index (χ4n) is 2.05. The molecule has 0 bridgehead atoms. The van der Waals surface area contributed by atoms with Crippen molar-refractivity contribution in [1.82, 2.24) is 9.36 Å². The molecule has 0 aliphatic rings. The molecule has 2 aromatic rings. The van der Waals surface area contributed by atoms with Gasteiger partial charge in [0.2, 0.25) is 0 Å². The van der Waals surface area contributed by atoms with Crippen molar-refractivity contribution < 1.29 is 0 Å². The second-order valence-corrected chi connectivity index (χ2v) is 6.13. The van der Waals surface area contributed by atoms with Crippen LogP contribution in [0, 0.1) is 0 Å². The molecule has 0 aliphatic carbocycles. The molecule has 0 saturated carbocycles. The van der Waals surface area contributed by atoms with E-state index in [-0.39, 0.29) is 5.56 Å². The van der Waals surface area contributed by atoms with Crippen molar-refractivity contribution in [3.05, 3.63) is 50.3 Å². The van der Waals surface area contributed by atoms with Gasteiger partial charge in [-0.25, -0.2) is 4.68 Å². The van der Waals surface area contributed by atoms with Crippen LogP contribution >= 0.6 is 31.9 Å². The maximum atomic E-state index is 12.3. The van der Waals surface area contributed by atoms with Crippen LogP contribution < -0.4 is 5.56 Å². The Balaban J connectivity index is 2.56. The molecule has 102 valence electrons. The van der Waals surface area contributed by atoms with E-state index in [1.54, 1.807) is 4.68 Å². The van der Waals surface area contributed by atoms with Gasteiger partial charge in [-0.15, -0.1) is 0 Å². The highest BCUT2D eigenvalue weighted by molar-refractivity contribution is 9.10. The lowest BCUT2D eigenvalue weighted by Crippen LogP contribution is -2.19. The van der Waals surface area contributed by atoms with E-state index in [2.05, 4.69) is 57.8 Å². The summed E-state index contributed by atoms with van der Waals surface area (Å²) in [5, 5.41) is 0.635. The third-order valence-corrected chi connectivity index (χ3v) is 4.58. The monoisotopic (exact) mass is 386 g/mol. The summed E-state index contributed by atoms with van der Waals surface area (Å²) in [7, 11) is 1.89. The van der Waals surface area contributed by atoms with Crippen molar-refractivity contribution in [2.24, 2.45) is 7.05 Å². The number of nitrogens with zero attached hydrogens (tertiary/aromatic N) is 2. The van der Waals surface area contributed by atoms with Crippen LogP contribution in [0.3, 0.4) is 0 Å². The predicted octanol–water partition coefficient (Wildman–Crippen LogP) is 3.96. The average Bonchev–Trinajstić information content (AvgIpc) is 2.60. The zero-order chi connectivity index (χ0) is 14.2. The van der Waals surface area contributed by atoms with Crippen molar-refractivity contribution >= 4 is 31.9 Å². The highest BCUT2D eigenvalue weighted by Gasteiger charge is 2.15. The average molecular weight is 388 g/mol. The van der Waals surface area contributed by atoms with E-state index >= 15 is 0 Å². The van der Waals surface area contributed by atoms with Gasteiger partial charge >= 0.3 is 0 Å². The maximum Gasteiger partial charge on any atom is 0.286 e. The molecule has 0 aliphatic heterocycles. The van der Waals surface area contributed by atoms with Crippen LogP contribution in [0.1, 0.15) is 31.0 Å². The van der Waals surface area contributed by atoms with E-state index in [0.29, 0.717) is 15.7 Å². The molecule has 0 spiro atoms. The van der Waals surface area contributed by atoms with Gasteiger partial charge in [0.15, 0.2) is 0 Å². The van der Waals surface area contributed by atoms with Crippen molar-refractivity contribution in [2.75, 3.05) is 0 Å². The van der Waals surface area contributed by atoms with Crippen LogP contribution in [0.15, 0.2) is 33.5 Å². The zero-order valence-corrected chi connectivity index (χ0v) is 14.3. The molecular weight excluding hydrogens is 372 g/mol. The third-order valence-electron chi connectivity index (χ3n) is 3.26. The third kappa shape index (κ3) is 2.58. The summed E-state index contributed by atoms with van der Waals surface area (Å²) in [6.07, 6.45) is 0. The number of benzene rings is 1. The summed E-state index contributed by atoms with van der Waals surface area (Å²) >= 11 is 6.77. The van der Waals surface area contributed by atoms with E-state index in [4.69, 9.17) is 0 Å². The molecular formula is C14H16Br2N2O. The zero-order valence-electron chi connectivity index (χ0n) is 11.2. The second kappa shape index (κ2) is 5.67. The van der Waals surface area contributed by atoms with Gasteiger partial charge in [-0.3, -0.25) is 9.48 Å². The molecule has 1 aromatic heterocycles. The standard InChI is InChI=1S/C14H16Br2N2O/c1-9(2)10-4-6-11(7-5-10)18-14(19)13(16)12(8-15)17(18)3/h4-7,9H,8H2,1-3H3. The Hall–Kier alpha value is -0.810. The topological polar surface area (TPSA) is 26.9 Å². The second-order valence-electron chi connectivity index (χ2n) is 4.78. The molecule has 0 radical (unpaired) electrons. The van der Waals surface area contributed by atoms with Gasteiger partial charge < -0.3 is 0 Å². The first kappa shape index (κ1) is 14.6. The fraction of sp³-hybridized carbons (Fsp3) is 0.357. The molecule has 3 nitrogen and oxygen atoms in total. The Morgan fingerprint density at radius 3 is 2.21 bits per heavy atom. The molecule has 0 unspecified atom stereocenters. The molecule has 19 heavy (non-hydrogen) atoms. The lowest BCUT2D eigenvalue weighted by molar-refractivity contribution is 0.628. The van der Waals surface area contributed by atoms with E-state index in [0.717, 1.165) is 11.4 Å². The van der Waals surface area contributed by atoms with Gasteiger partial charge in [0.1, 0.15) is 4.47 Å². The number of rotatable bonds is 3. The maximum absolute atomic E-state index is 12.3. The Labute approximate surface area is 129 Å². The summed E-state index contributed by atoms with van der Waals surface area (Å²) in [6.45, 7) is 4.31. The van der Waals surface area contributed by atoms with E-state index in [9.17, 15) is 4.79 Å². The highest BCUT2D eigenvalue weighted by Crippen LogP contribution is 2.20. The number of hydrogen-bond donors (Lipinski definition) is 0. The quantitative estimate of drug-likeness (QED) is 0.732. The Morgan fingerprint density at radius 1 is 1.21 bits per heavy atom. The minimum absolute atomic E-state index is 0.0331. The van der Waals surface area contributed by atoms with Gasteiger partial charge in [0.05, 0.1) is 11.4 Å². The van der Waals surface area contributed by atoms with Gasteiger partial charge in [-0.1, -0.05) is 41.9 Å². The number of alkyl halides is 1. The normalized spacial score (nSPS) is 11.3. The van der Waals surface area contributed by atoms with E-state index in [1.165, 1.54) is 5.56 Å². The molecule has 5 heteroatoms. The van der Waals surface area contributed by atoms with Crippen molar-refractivity contribution in [3.63, 3.8) is 0 Å². The summed E-state index contributed by atoms with van der Waals surface area (Å²) in [4.78, 5) is 12.3. The summed E-state index contributed by atoms with van der Waals surface area (Å²) in [5.74, 6) is 0.490. The molecule has 0 fully saturated rings. The van der Waals surface area contributed by atoms with Crippen LogP contribution in [0.25, 0.3) is 5.69 Å². The molecule has 1 aromatic carbocycles. The van der Waals surface area contributed by atoms with Crippen LogP contribution in [0.2, 0.25) is 0 Å². The predicted molar refractivity (Wildman–Crippen MR) is 85.4 cm³/mol. The molecule has 1 heterocycles. The number of aromatic nitrogens is 2. The summed E-state index contributed by atoms with van der Waals surface area (Å²) in [5.41, 5.74) is 3.04. The Morgan fingerprint density at radius 2 is 1.79 bits per heavy atom. The van der Waals surface area contributed by atoms with Crippen molar-refractivity contribution in [1.29, 1.82) is 0 Å². The minimum atomic E-state index is -0.0331. The molecule has 0 N–H and O–H groups in total. The Kier molecular flexibility index (Phi) is 4.36. The molecule has 2 rings (SSSR count). The SMILES string of the molecule is CC(C)c1ccc(-n2c(=O)c(Br)c(CBr)n2C)cc1. The van der Waals surface area contributed by atoms with Crippen LogP contribution in [0.5, 0.6) is 0 Å². The Bertz CT molecular complexity index is 639. The largest absolute Gasteiger partial charge is 0.286 e. The fourth-order valence-corrected chi connectivity index (χ4v) is 3.64. The van der Waals surface area contributed by atoms with Gasteiger partial charge in [-0.2, -0.15) is 0 Å². The first-order valence-electron chi connectivity index (χ1n) is 6.10. The number of hydrogen-bond acceptors (Lipinski definition) is 1.